The number of phenols is 2. The van der Waals surface area contributed by atoms with E-state index >= 15 is 0 Å². The highest BCUT2D eigenvalue weighted by molar-refractivity contribution is 5.93. The van der Waals surface area contributed by atoms with Gasteiger partial charge in [-0.05, 0) is 63.5 Å². The van der Waals surface area contributed by atoms with Gasteiger partial charge in [-0.25, -0.2) is 0 Å². The van der Waals surface area contributed by atoms with Crippen molar-refractivity contribution < 1.29 is 10.2 Å². The van der Waals surface area contributed by atoms with Gasteiger partial charge < -0.3 is 10.2 Å². The standard InChI is InChI=1S/C34H45N3O2/c1-31(2,3)20-34(10,11)21-15-16-28(38)24(17-21)23-13-12-14-26-29(23)36-37(35-26)27-19-22(32(4,5)6)18-25(30(27)39)33(7,8)9/h12-19,38-39H,20H2,1-11H3. The van der Waals surface area contributed by atoms with Gasteiger partial charge in [0.25, 0.3) is 0 Å². The van der Waals surface area contributed by atoms with E-state index in [4.69, 9.17) is 10.2 Å². The van der Waals surface area contributed by atoms with Crippen LogP contribution in [0.25, 0.3) is 27.8 Å². The zero-order valence-electron chi connectivity index (χ0n) is 25.6. The third-order valence-electron chi connectivity index (χ3n) is 7.43. The molecule has 1 aromatic heterocycles. The van der Waals surface area contributed by atoms with Crippen LogP contribution in [0.15, 0.2) is 48.5 Å². The van der Waals surface area contributed by atoms with Gasteiger partial charge in [-0.15, -0.1) is 15.0 Å². The van der Waals surface area contributed by atoms with Gasteiger partial charge in [0.1, 0.15) is 28.2 Å². The zero-order valence-corrected chi connectivity index (χ0v) is 25.6. The molecule has 39 heavy (non-hydrogen) atoms. The largest absolute Gasteiger partial charge is 0.507 e. The van der Waals surface area contributed by atoms with Gasteiger partial charge in [0.15, 0.2) is 0 Å². The number of phenolic OH excluding ortho intramolecular Hbond substituents is 2. The summed E-state index contributed by atoms with van der Waals surface area (Å²) in [5.41, 5.74) is 6.32. The van der Waals surface area contributed by atoms with Crippen molar-refractivity contribution in [3.63, 3.8) is 0 Å². The number of aromatic hydroxyl groups is 2. The van der Waals surface area contributed by atoms with Crippen LogP contribution >= 0.6 is 0 Å². The molecule has 0 saturated carbocycles. The van der Waals surface area contributed by atoms with Gasteiger partial charge in [-0.1, -0.05) is 100 Å². The van der Waals surface area contributed by atoms with E-state index in [1.165, 1.54) is 5.56 Å². The van der Waals surface area contributed by atoms with E-state index in [1.54, 1.807) is 10.9 Å². The van der Waals surface area contributed by atoms with E-state index in [2.05, 4.69) is 88.3 Å². The van der Waals surface area contributed by atoms with Gasteiger partial charge >= 0.3 is 0 Å². The molecule has 0 saturated heterocycles. The minimum Gasteiger partial charge on any atom is -0.507 e. The molecule has 0 radical (unpaired) electrons. The lowest BCUT2D eigenvalue weighted by atomic mass is 9.72. The van der Waals surface area contributed by atoms with Gasteiger partial charge in [0.05, 0.1) is 0 Å². The Balaban J connectivity index is 1.92. The van der Waals surface area contributed by atoms with Crippen LogP contribution in [0.4, 0.5) is 0 Å². The van der Waals surface area contributed by atoms with E-state index < -0.39 is 0 Å². The molecule has 0 aliphatic rings. The van der Waals surface area contributed by atoms with E-state index in [0.717, 1.165) is 28.7 Å². The maximum Gasteiger partial charge on any atom is 0.146 e. The SMILES string of the molecule is CC(C)(C)CC(C)(C)c1ccc(O)c(-c2cccc3nn(-c4cc(C(C)(C)C)cc(C(C)(C)C)c4O)nc23)c1. The van der Waals surface area contributed by atoms with E-state index in [0.29, 0.717) is 16.7 Å². The fourth-order valence-electron chi connectivity index (χ4n) is 5.64. The lowest BCUT2D eigenvalue weighted by Crippen LogP contribution is -2.24. The van der Waals surface area contributed by atoms with Crippen LogP contribution in [0.1, 0.15) is 99.3 Å². The Labute approximate surface area is 233 Å². The van der Waals surface area contributed by atoms with Crippen LogP contribution in [0.5, 0.6) is 11.5 Å². The third kappa shape index (κ3) is 5.83. The predicted octanol–water partition coefficient (Wildman–Crippen LogP) is 8.81. The lowest BCUT2D eigenvalue weighted by Gasteiger charge is -2.33. The van der Waals surface area contributed by atoms with Crippen molar-refractivity contribution in [2.45, 2.75) is 98.8 Å². The minimum atomic E-state index is -0.260. The van der Waals surface area contributed by atoms with E-state index in [-0.39, 0.29) is 33.2 Å². The number of hydrogen-bond acceptors (Lipinski definition) is 4. The minimum absolute atomic E-state index is 0.0747. The maximum absolute atomic E-state index is 11.4. The zero-order chi connectivity index (χ0) is 29.1. The van der Waals surface area contributed by atoms with Crippen LogP contribution in [-0.2, 0) is 16.2 Å². The summed E-state index contributed by atoms with van der Waals surface area (Å²) in [5.74, 6) is 0.395. The average Bonchev–Trinajstić information content (AvgIpc) is 3.20. The van der Waals surface area contributed by atoms with E-state index in [9.17, 15) is 10.2 Å². The number of benzene rings is 3. The summed E-state index contributed by atoms with van der Waals surface area (Å²) in [5, 5.41) is 32.1. The monoisotopic (exact) mass is 527 g/mol. The van der Waals surface area contributed by atoms with Crippen molar-refractivity contribution >= 4 is 11.0 Å². The molecule has 0 aliphatic carbocycles. The first-order chi connectivity index (χ1) is 17.8. The van der Waals surface area contributed by atoms with Gasteiger partial charge in [0.2, 0.25) is 0 Å². The van der Waals surface area contributed by atoms with Crippen molar-refractivity contribution in [3.05, 3.63) is 65.2 Å². The second-order valence-electron chi connectivity index (χ2n) is 14.9. The molecule has 0 atom stereocenters. The molecule has 0 bridgehead atoms. The molecule has 5 heteroatoms. The summed E-state index contributed by atoms with van der Waals surface area (Å²) in [7, 11) is 0. The van der Waals surface area contributed by atoms with Crippen LogP contribution in [0, 0.1) is 5.41 Å². The smallest absolute Gasteiger partial charge is 0.146 e. The molecule has 0 aliphatic heterocycles. The van der Waals surface area contributed by atoms with Gasteiger partial charge in [-0.3, -0.25) is 0 Å². The maximum atomic E-state index is 11.4. The Kier molecular flexibility index (Phi) is 6.90. The number of hydrogen-bond donors (Lipinski definition) is 2. The molecular weight excluding hydrogens is 482 g/mol. The fraction of sp³-hybridized carbons (Fsp3) is 0.471. The summed E-state index contributed by atoms with van der Waals surface area (Å²) < 4.78 is 0. The predicted molar refractivity (Wildman–Crippen MR) is 162 cm³/mol. The Hall–Kier alpha value is -3.34. The highest BCUT2D eigenvalue weighted by Gasteiger charge is 2.29. The molecule has 2 N–H and O–H groups in total. The summed E-state index contributed by atoms with van der Waals surface area (Å²) in [6.07, 6.45) is 1.00. The highest BCUT2D eigenvalue weighted by Crippen LogP contribution is 2.42. The summed E-state index contributed by atoms with van der Waals surface area (Å²) in [6.45, 7) is 24.1. The Morgan fingerprint density at radius 2 is 1.36 bits per heavy atom. The second kappa shape index (κ2) is 9.39. The molecule has 0 amide bonds. The average molecular weight is 528 g/mol. The number of fused-ring (bicyclic) bond motifs is 1. The molecule has 4 aromatic rings. The van der Waals surface area contributed by atoms with Crippen molar-refractivity contribution in [2.24, 2.45) is 5.41 Å². The molecule has 0 fully saturated rings. The van der Waals surface area contributed by atoms with E-state index in [1.807, 2.05) is 30.3 Å². The molecule has 4 rings (SSSR count). The van der Waals surface area contributed by atoms with Gasteiger partial charge in [-0.2, -0.15) is 0 Å². The van der Waals surface area contributed by atoms with Crippen molar-refractivity contribution in [1.82, 2.24) is 15.0 Å². The van der Waals surface area contributed by atoms with Crippen LogP contribution in [-0.4, -0.2) is 25.2 Å². The summed E-state index contributed by atoms with van der Waals surface area (Å²) >= 11 is 0. The first kappa shape index (κ1) is 28.7. The quantitative estimate of drug-likeness (QED) is 0.278. The molecule has 1 heterocycles. The van der Waals surface area contributed by atoms with Gasteiger partial charge in [0, 0.05) is 16.7 Å². The number of rotatable bonds is 4. The van der Waals surface area contributed by atoms with Crippen molar-refractivity contribution in [1.29, 1.82) is 0 Å². The molecular formula is C34H45N3O2. The molecule has 0 unspecified atom stereocenters. The van der Waals surface area contributed by atoms with Crippen LogP contribution in [0.3, 0.4) is 0 Å². The number of nitrogens with zero attached hydrogens (tertiary/aromatic N) is 3. The Bertz CT molecular complexity index is 1520. The molecule has 0 spiro atoms. The van der Waals surface area contributed by atoms with Crippen molar-refractivity contribution in [3.8, 4) is 28.3 Å². The van der Waals surface area contributed by atoms with Crippen LogP contribution in [0.2, 0.25) is 0 Å². The second-order valence-corrected chi connectivity index (χ2v) is 14.9. The van der Waals surface area contributed by atoms with Crippen LogP contribution < -0.4 is 0 Å². The first-order valence-electron chi connectivity index (χ1n) is 13.9. The topological polar surface area (TPSA) is 71.2 Å². The summed E-state index contributed by atoms with van der Waals surface area (Å²) in [4.78, 5) is 1.54. The lowest BCUT2D eigenvalue weighted by molar-refractivity contribution is 0.284. The highest BCUT2D eigenvalue weighted by atomic mass is 16.3. The fourth-order valence-corrected chi connectivity index (χ4v) is 5.64. The molecule has 3 aromatic carbocycles. The van der Waals surface area contributed by atoms with Crippen molar-refractivity contribution in [2.75, 3.05) is 0 Å². The first-order valence-corrected chi connectivity index (χ1v) is 13.9. The normalized spacial score (nSPS) is 13.3. The Morgan fingerprint density at radius 3 is 1.95 bits per heavy atom. The Morgan fingerprint density at radius 1 is 0.692 bits per heavy atom. The molecule has 208 valence electrons. The molecule has 5 nitrogen and oxygen atoms in total. The summed E-state index contributed by atoms with van der Waals surface area (Å²) in [6, 6.07) is 15.8. The third-order valence-corrected chi connectivity index (χ3v) is 7.43. The number of aromatic nitrogens is 3.